The van der Waals surface area contributed by atoms with Gasteiger partial charge in [0.05, 0.1) is 13.2 Å². The monoisotopic (exact) mass is 431 g/mol. The number of guanidine groups is 1. The maximum atomic E-state index is 5.52. The topological polar surface area (TPSA) is 68.3 Å². The molecule has 174 valence electrons. The van der Waals surface area contributed by atoms with Crippen molar-refractivity contribution in [3.63, 3.8) is 0 Å². The van der Waals surface area contributed by atoms with Gasteiger partial charge in [0.25, 0.3) is 0 Å². The van der Waals surface area contributed by atoms with Gasteiger partial charge in [-0.3, -0.25) is 9.89 Å². The lowest BCUT2D eigenvalue weighted by atomic mass is 10.0. The van der Waals surface area contributed by atoms with E-state index in [1.165, 1.54) is 5.56 Å². The Labute approximate surface area is 188 Å². The van der Waals surface area contributed by atoms with Crippen molar-refractivity contribution in [2.45, 2.75) is 33.4 Å². The van der Waals surface area contributed by atoms with E-state index in [0.29, 0.717) is 12.0 Å². The Morgan fingerprint density at radius 1 is 1.13 bits per heavy atom. The molecule has 1 unspecified atom stereocenters. The van der Waals surface area contributed by atoms with E-state index in [9.17, 15) is 0 Å². The van der Waals surface area contributed by atoms with E-state index in [1.807, 2.05) is 13.2 Å². The number of rotatable bonds is 8. The zero-order valence-corrected chi connectivity index (χ0v) is 19.8. The van der Waals surface area contributed by atoms with E-state index in [0.717, 1.165) is 83.9 Å². The highest BCUT2D eigenvalue weighted by Crippen LogP contribution is 2.15. The van der Waals surface area contributed by atoms with E-state index >= 15 is 0 Å². The van der Waals surface area contributed by atoms with Crippen molar-refractivity contribution in [3.8, 4) is 0 Å². The molecule has 0 amide bonds. The van der Waals surface area contributed by atoms with Crippen LogP contribution in [0.2, 0.25) is 0 Å². The van der Waals surface area contributed by atoms with Gasteiger partial charge in [0.2, 0.25) is 0 Å². The number of piperazine rings is 1. The van der Waals surface area contributed by atoms with Gasteiger partial charge < -0.3 is 25.2 Å². The first-order chi connectivity index (χ1) is 15.1. The van der Waals surface area contributed by atoms with E-state index in [4.69, 9.17) is 4.74 Å². The molecule has 3 heterocycles. The molecular formula is C23H41N7O. The van der Waals surface area contributed by atoms with Crippen molar-refractivity contribution in [2.75, 3.05) is 77.5 Å². The van der Waals surface area contributed by atoms with Gasteiger partial charge in [-0.05, 0) is 30.2 Å². The third-order valence-electron chi connectivity index (χ3n) is 6.40. The lowest BCUT2D eigenvalue weighted by Crippen LogP contribution is -2.52. The molecule has 0 radical (unpaired) electrons. The summed E-state index contributed by atoms with van der Waals surface area (Å²) in [7, 11) is 1.83. The first-order valence-electron chi connectivity index (χ1n) is 11.8. The number of ether oxygens (including phenoxy) is 1. The molecule has 8 heteroatoms. The van der Waals surface area contributed by atoms with Crippen molar-refractivity contribution in [1.29, 1.82) is 0 Å². The van der Waals surface area contributed by atoms with E-state index in [2.05, 4.69) is 68.2 Å². The van der Waals surface area contributed by atoms with Crippen LogP contribution in [-0.2, 0) is 11.3 Å². The van der Waals surface area contributed by atoms with Gasteiger partial charge in [-0.25, -0.2) is 4.98 Å². The lowest BCUT2D eigenvalue weighted by molar-refractivity contribution is 0.00752. The van der Waals surface area contributed by atoms with Crippen molar-refractivity contribution in [1.82, 2.24) is 25.4 Å². The van der Waals surface area contributed by atoms with Crippen LogP contribution in [0.1, 0.15) is 26.3 Å². The van der Waals surface area contributed by atoms with Gasteiger partial charge in [0.15, 0.2) is 5.96 Å². The predicted octanol–water partition coefficient (Wildman–Crippen LogP) is 1.25. The molecule has 1 aromatic rings. The second kappa shape index (κ2) is 12.2. The average Bonchev–Trinajstić information content (AvgIpc) is 2.82. The molecule has 2 saturated heterocycles. The molecule has 2 N–H and O–H groups in total. The Kier molecular flexibility index (Phi) is 9.36. The fourth-order valence-corrected chi connectivity index (χ4v) is 4.34. The van der Waals surface area contributed by atoms with E-state index in [1.54, 1.807) is 0 Å². The highest BCUT2D eigenvalue weighted by atomic mass is 16.5. The van der Waals surface area contributed by atoms with Crippen molar-refractivity contribution in [2.24, 2.45) is 10.9 Å². The standard InChI is InChI=1S/C23H41N7O/c1-5-28-8-10-30(11-9-28)22-16-20(6-7-25-22)17-26-23(24-4)27-18-21(19(2)3)29-12-14-31-15-13-29/h6-7,16,19,21H,5,8-15,17-18H2,1-4H3,(H2,24,26,27). The van der Waals surface area contributed by atoms with Crippen molar-refractivity contribution in [3.05, 3.63) is 23.9 Å². The summed E-state index contributed by atoms with van der Waals surface area (Å²) in [6.07, 6.45) is 1.92. The largest absolute Gasteiger partial charge is 0.379 e. The molecule has 2 fully saturated rings. The van der Waals surface area contributed by atoms with Crippen LogP contribution in [0.4, 0.5) is 5.82 Å². The van der Waals surface area contributed by atoms with Crippen LogP contribution in [0, 0.1) is 5.92 Å². The number of nitrogens with one attached hydrogen (secondary N) is 2. The molecule has 0 aromatic carbocycles. The summed E-state index contributed by atoms with van der Waals surface area (Å²) >= 11 is 0. The molecule has 2 aliphatic rings. The van der Waals surface area contributed by atoms with Crippen LogP contribution in [0.3, 0.4) is 0 Å². The number of aromatic nitrogens is 1. The fraction of sp³-hybridized carbons (Fsp3) is 0.739. The minimum absolute atomic E-state index is 0.469. The molecule has 8 nitrogen and oxygen atoms in total. The van der Waals surface area contributed by atoms with Gasteiger partial charge >= 0.3 is 0 Å². The smallest absolute Gasteiger partial charge is 0.191 e. The van der Waals surface area contributed by atoms with Crippen LogP contribution in [-0.4, -0.2) is 99.4 Å². The second-order valence-electron chi connectivity index (χ2n) is 8.71. The Morgan fingerprint density at radius 3 is 2.52 bits per heavy atom. The Hall–Kier alpha value is -1.90. The number of nitrogens with zero attached hydrogens (tertiary/aromatic N) is 5. The Balaban J connectivity index is 1.50. The number of hydrogen-bond acceptors (Lipinski definition) is 6. The number of hydrogen-bond donors (Lipinski definition) is 2. The van der Waals surface area contributed by atoms with Crippen LogP contribution >= 0.6 is 0 Å². The average molecular weight is 432 g/mol. The van der Waals surface area contributed by atoms with Gasteiger partial charge in [0.1, 0.15) is 5.82 Å². The van der Waals surface area contributed by atoms with Crippen LogP contribution in [0.5, 0.6) is 0 Å². The Morgan fingerprint density at radius 2 is 1.87 bits per heavy atom. The van der Waals surface area contributed by atoms with Crippen molar-refractivity contribution >= 4 is 11.8 Å². The summed E-state index contributed by atoms with van der Waals surface area (Å²) in [6.45, 7) is 17.5. The van der Waals surface area contributed by atoms with E-state index < -0.39 is 0 Å². The molecule has 0 saturated carbocycles. The zero-order valence-electron chi connectivity index (χ0n) is 19.8. The maximum Gasteiger partial charge on any atom is 0.191 e. The number of morpholine rings is 1. The number of anilines is 1. The molecule has 0 bridgehead atoms. The van der Waals surface area contributed by atoms with Crippen molar-refractivity contribution < 1.29 is 4.74 Å². The summed E-state index contributed by atoms with van der Waals surface area (Å²) in [5, 5.41) is 7.00. The molecule has 1 atom stereocenters. The third-order valence-corrected chi connectivity index (χ3v) is 6.40. The minimum Gasteiger partial charge on any atom is -0.379 e. The second-order valence-corrected chi connectivity index (χ2v) is 8.71. The highest BCUT2D eigenvalue weighted by Gasteiger charge is 2.24. The van der Waals surface area contributed by atoms with Crippen LogP contribution in [0.15, 0.2) is 23.3 Å². The molecule has 0 spiro atoms. The molecule has 1 aromatic heterocycles. The number of aliphatic imine (C=N–C) groups is 1. The maximum absolute atomic E-state index is 5.52. The third kappa shape index (κ3) is 7.05. The summed E-state index contributed by atoms with van der Waals surface area (Å²) in [6, 6.07) is 4.75. The SMILES string of the molecule is CCN1CCN(c2cc(CNC(=NC)NCC(C(C)C)N3CCOCC3)ccn2)CC1. The summed E-state index contributed by atoms with van der Waals surface area (Å²) in [5.41, 5.74) is 1.22. The lowest BCUT2D eigenvalue weighted by Gasteiger charge is -2.37. The Bertz CT molecular complexity index is 682. The first kappa shape index (κ1) is 23.8. The minimum atomic E-state index is 0.469. The molecular weight excluding hydrogens is 390 g/mol. The summed E-state index contributed by atoms with van der Waals surface area (Å²) in [4.78, 5) is 16.4. The number of likely N-dealkylation sites (N-methyl/N-ethyl adjacent to an activating group) is 1. The highest BCUT2D eigenvalue weighted by molar-refractivity contribution is 5.79. The van der Waals surface area contributed by atoms with Crippen LogP contribution < -0.4 is 15.5 Å². The van der Waals surface area contributed by atoms with Gasteiger partial charge in [0, 0.05) is 71.6 Å². The quantitative estimate of drug-likeness (QED) is 0.474. The molecule has 3 rings (SSSR count). The zero-order chi connectivity index (χ0) is 22.1. The number of pyridine rings is 1. The first-order valence-corrected chi connectivity index (χ1v) is 11.8. The summed E-state index contributed by atoms with van der Waals surface area (Å²) in [5.74, 6) is 2.48. The predicted molar refractivity (Wildman–Crippen MR) is 128 cm³/mol. The summed E-state index contributed by atoms with van der Waals surface area (Å²) < 4.78 is 5.52. The molecule has 31 heavy (non-hydrogen) atoms. The molecule has 2 aliphatic heterocycles. The van der Waals surface area contributed by atoms with Gasteiger partial charge in [-0.2, -0.15) is 0 Å². The van der Waals surface area contributed by atoms with Gasteiger partial charge in [-0.15, -0.1) is 0 Å². The van der Waals surface area contributed by atoms with Crippen LogP contribution in [0.25, 0.3) is 0 Å². The fourth-order valence-electron chi connectivity index (χ4n) is 4.34. The normalized spacial score (nSPS) is 20.2. The van der Waals surface area contributed by atoms with Gasteiger partial charge in [-0.1, -0.05) is 20.8 Å². The van der Waals surface area contributed by atoms with E-state index in [-0.39, 0.29) is 0 Å². The molecule has 0 aliphatic carbocycles.